The second kappa shape index (κ2) is 6.69. The van der Waals surface area contributed by atoms with Crippen LogP contribution >= 0.6 is 0 Å². The smallest absolute Gasteiger partial charge is 0.332 e. The van der Waals surface area contributed by atoms with Gasteiger partial charge in [0.2, 0.25) is 0 Å². The van der Waals surface area contributed by atoms with Crippen molar-refractivity contribution in [3.05, 3.63) is 33.1 Å². The number of hydrogen-bond acceptors (Lipinski definition) is 8. The molecule has 0 radical (unpaired) electrons. The first-order chi connectivity index (χ1) is 10.5. The minimum atomic E-state index is -2.08. The lowest BCUT2D eigenvalue weighted by Gasteiger charge is -2.33. The number of rotatable bonds is 6. The molecule has 0 spiro atoms. The van der Waals surface area contributed by atoms with Crippen LogP contribution in [0.1, 0.15) is 0 Å². The molecule has 1 aromatic heterocycles. The number of ether oxygens (including phenoxy) is 3. The van der Waals surface area contributed by atoms with Gasteiger partial charge >= 0.3 is 5.69 Å². The minimum absolute atomic E-state index is 0.0655. The van der Waals surface area contributed by atoms with E-state index in [-0.39, 0.29) is 13.2 Å². The summed E-state index contributed by atoms with van der Waals surface area (Å²) in [6.45, 7) is -0.522. The number of aromatic nitrogens is 2. The highest BCUT2D eigenvalue weighted by Crippen LogP contribution is 2.35. The second-order valence-corrected chi connectivity index (χ2v) is 4.73. The van der Waals surface area contributed by atoms with Gasteiger partial charge in [-0.25, -0.2) is 9.36 Å². The Morgan fingerprint density at radius 3 is 2.68 bits per heavy atom. The maximum atomic E-state index is 12.0. The Kier molecular flexibility index (Phi) is 5.11. The van der Waals surface area contributed by atoms with Gasteiger partial charge in [0.1, 0.15) is 12.2 Å². The van der Waals surface area contributed by atoms with Crippen molar-refractivity contribution in [2.75, 3.05) is 26.9 Å². The maximum Gasteiger partial charge on any atom is 0.332 e. The zero-order valence-corrected chi connectivity index (χ0v) is 11.8. The van der Waals surface area contributed by atoms with Crippen molar-refractivity contribution in [1.29, 1.82) is 0 Å². The number of aromatic amines is 1. The van der Waals surface area contributed by atoms with Crippen molar-refractivity contribution < 1.29 is 29.5 Å². The molecular weight excluding hydrogens is 300 g/mol. The van der Waals surface area contributed by atoms with E-state index >= 15 is 0 Å². The van der Waals surface area contributed by atoms with Crippen LogP contribution in [0.25, 0.3) is 0 Å². The van der Waals surface area contributed by atoms with Gasteiger partial charge in [-0.2, -0.15) is 0 Å². The molecule has 1 saturated heterocycles. The van der Waals surface area contributed by atoms with E-state index in [1.807, 2.05) is 4.98 Å². The highest BCUT2D eigenvalue weighted by molar-refractivity contribution is 4.97. The monoisotopic (exact) mass is 318 g/mol. The lowest BCUT2D eigenvalue weighted by molar-refractivity contribution is -0.320. The Hall–Kier alpha value is -1.56. The number of aliphatic hydroxyl groups excluding tert-OH is 3. The van der Waals surface area contributed by atoms with E-state index < -0.39 is 42.1 Å². The van der Waals surface area contributed by atoms with Crippen LogP contribution in [0.3, 0.4) is 0 Å². The molecular formula is C12H18N2O8. The molecule has 2 rings (SSSR count). The van der Waals surface area contributed by atoms with E-state index in [9.17, 15) is 24.9 Å². The summed E-state index contributed by atoms with van der Waals surface area (Å²) < 4.78 is 16.5. The predicted octanol–water partition coefficient (Wildman–Crippen LogP) is -3.08. The molecule has 1 fully saturated rings. The fourth-order valence-electron chi connectivity index (χ4n) is 2.24. The van der Waals surface area contributed by atoms with Crippen molar-refractivity contribution in [3.8, 4) is 0 Å². The van der Waals surface area contributed by atoms with Crippen LogP contribution in [0.4, 0.5) is 0 Å². The molecule has 0 aromatic carbocycles. The number of H-pyrrole nitrogens is 1. The van der Waals surface area contributed by atoms with Crippen molar-refractivity contribution in [1.82, 2.24) is 9.55 Å². The zero-order chi connectivity index (χ0) is 16.3. The van der Waals surface area contributed by atoms with Gasteiger partial charge in [0.05, 0.1) is 19.8 Å². The van der Waals surface area contributed by atoms with Gasteiger partial charge in [-0.05, 0) is 0 Å². The molecule has 22 heavy (non-hydrogen) atoms. The lowest BCUT2D eigenvalue weighted by atomic mass is 10.1. The molecule has 4 atom stereocenters. The van der Waals surface area contributed by atoms with Gasteiger partial charge in [0.15, 0.2) is 6.10 Å². The van der Waals surface area contributed by atoms with Gasteiger partial charge in [-0.1, -0.05) is 0 Å². The minimum Gasteiger partial charge on any atom is -0.394 e. The first-order valence-corrected chi connectivity index (χ1v) is 6.56. The Morgan fingerprint density at radius 1 is 1.41 bits per heavy atom. The van der Waals surface area contributed by atoms with E-state index in [1.165, 1.54) is 7.11 Å². The summed E-state index contributed by atoms with van der Waals surface area (Å²) in [6.07, 6.45) is -3.23. The molecule has 1 aliphatic heterocycles. The highest BCUT2D eigenvalue weighted by Gasteiger charge is 2.57. The van der Waals surface area contributed by atoms with E-state index in [2.05, 4.69) is 0 Å². The van der Waals surface area contributed by atoms with Gasteiger partial charge in [-0.3, -0.25) is 9.78 Å². The molecule has 1 aromatic rings. The molecule has 1 aliphatic rings. The third-order valence-electron chi connectivity index (χ3n) is 3.33. The first-order valence-electron chi connectivity index (χ1n) is 6.56. The Bertz CT molecular complexity index is 614. The summed E-state index contributed by atoms with van der Waals surface area (Å²) in [5, 5.41) is 29.4. The molecule has 0 aliphatic carbocycles. The first kappa shape index (κ1) is 16.8. The topological polar surface area (TPSA) is 143 Å². The third-order valence-corrected chi connectivity index (χ3v) is 3.33. The fourth-order valence-corrected chi connectivity index (χ4v) is 2.24. The molecule has 2 heterocycles. The van der Waals surface area contributed by atoms with Crippen LogP contribution < -0.4 is 11.2 Å². The fraction of sp³-hybridized carbons (Fsp3) is 0.667. The van der Waals surface area contributed by atoms with E-state index in [0.717, 1.165) is 16.8 Å². The highest BCUT2D eigenvalue weighted by atomic mass is 16.8. The van der Waals surface area contributed by atoms with E-state index in [0.29, 0.717) is 0 Å². The van der Waals surface area contributed by atoms with Gasteiger partial charge in [-0.15, -0.1) is 0 Å². The third kappa shape index (κ3) is 2.84. The predicted molar refractivity (Wildman–Crippen MR) is 71.1 cm³/mol. The van der Waals surface area contributed by atoms with Crippen LogP contribution in [0.5, 0.6) is 0 Å². The molecule has 4 N–H and O–H groups in total. The normalized spacial score (nSPS) is 31.5. The van der Waals surface area contributed by atoms with E-state index in [4.69, 9.17) is 14.2 Å². The molecule has 10 heteroatoms. The van der Waals surface area contributed by atoms with Crippen LogP contribution in [0, 0.1) is 0 Å². The maximum absolute atomic E-state index is 12.0. The number of aliphatic hydroxyl groups is 3. The number of hydrogen-bond donors (Lipinski definition) is 4. The Morgan fingerprint density at radius 2 is 2.14 bits per heavy atom. The summed E-state index contributed by atoms with van der Waals surface area (Å²) in [5.74, 6) is -2.08. The lowest BCUT2D eigenvalue weighted by Crippen LogP contribution is -2.53. The van der Waals surface area contributed by atoms with Crippen molar-refractivity contribution in [2.45, 2.75) is 24.2 Å². The van der Waals surface area contributed by atoms with Crippen molar-refractivity contribution in [2.24, 2.45) is 0 Å². The van der Waals surface area contributed by atoms with Crippen LogP contribution in [0.2, 0.25) is 0 Å². The SMILES string of the molecule is COCCO[C@@]1(n2ccc(=O)[nH]c2=O)O[C@H](CO)[C@@H](O)[C@H]1O. The van der Waals surface area contributed by atoms with Crippen molar-refractivity contribution in [3.63, 3.8) is 0 Å². The molecule has 0 saturated carbocycles. The van der Waals surface area contributed by atoms with Gasteiger partial charge in [0, 0.05) is 19.4 Å². The average Bonchev–Trinajstić information content (AvgIpc) is 2.73. The number of methoxy groups -OCH3 is 1. The number of nitrogens with zero attached hydrogens (tertiary/aromatic N) is 1. The van der Waals surface area contributed by atoms with Crippen molar-refractivity contribution >= 4 is 0 Å². The van der Waals surface area contributed by atoms with Crippen LogP contribution in [-0.4, -0.2) is 70.1 Å². The van der Waals surface area contributed by atoms with E-state index in [1.54, 1.807) is 0 Å². The van der Waals surface area contributed by atoms with Gasteiger partial charge < -0.3 is 29.5 Å². The molecule has 0 bridgehead atoms. The largest absolute Gasteiger partial charge is 0.394 e. The second-order valence-electron chi connectivity index (χ2n) is 4.73. The summed E-state index contributed by atoms with van der Waals surface area (Å²) in [6, 6.07) is 1.04. The Labute approximate surface area is 124 Å². The summed E-state index contributed by atoms with van der Waals surface area (Å²) in [7, 11) is 1.43. The molecule has 0 amide bonds. The zero-order valence-electron chi connectivity index (χ0n) is 11.8. The molecule has 10 nitrogen and oxygen atoms in total. The summed E-state index contributed by atoms with van der Waals surface area (Å²) in [5.41, 5.74) is -1.53. The van der Waals surface area contributed by atoms with Crippen LogP contribution in [-0.2, 0) is 20.1 Å². The van der Waals surface area contributed by atoms with Gasteiger partial charge in [0.25, 0.3) is 11.5 Å². The standard InChI is InChI=1S/C12H18N2O8/c1-20-4-5-21-12(10(18)9(17)7(6-15)22-12)14-3-2-8(16)13-11(14)19/h2-3,7,9-10,15,17-18H,4-6H2,1H3,(H,13,16,19)/t7-,9-,10-,12-/m1/s1. The quantitative estimate of drug-likeness (QED) is 0.404. The Balaban J connectivity index is 2.46. The molecule has 0 unspecified atom stereocenters. The number of nitrogens with one attached hydrogen (secondary N) is 1. The average molecular weight is 318 g/mol. The molecule has 124 valence electrons. The summed E-state index contributed by atoms with van der Waals surface area (Å²) in [4.78, 5) is 25.1. The summed E-state index contributed by atoms with van der Waals surface area (Å²) >= 11 is 0. The van der Waals surface area contributed by atoms with Crippen LogP contribution in [0.15, 0.2) is 21.9 Å².